The fourth-order valence-electron chi connectivity index (χ4n) is 3.03. The van der Waals surface area contributed by atoms with Gasteiger partial charge in [-0.1, -0.05) is 41.9 Å². The van der Waals surface area contributed by atoms with Crippen molar-refractivity contribution in [1.29, 1.82) is 0 Å². The van der Waals surface area contributed by atoms with Crippen LogP contribution in [0.4, 0.5) is 0 Å². The summed E-state index contributed by atoms with van der Waals surface area (Å²) < 4.78 is 10.9. The fourth-order valence-corrected chi connectivity index (χ4v) is 3.24. The van der Waals surface area contributed by atoms with Gasteiger partial charge in [0.2, 0.25) is 0 Å². The highest BCUT2D eigenvalue weighted by molar-refractivity contribution is 6.33. The van der Waals surface area contributed by atoms with Gasteiger partial charge in [0.1, 0.15) is 11.3 Å². The molecule has 0 saturated heterocycles. The van der Waals surface area contributed by atoms with E-state index in [1.165, 1.54) is 12.1 Å². The Morgan fingerprint density at radius 2 is 1.83 bits per heavy atom. The standard InChI is InChI=1S/C23H17ClN2O4/c24-19-10-18-17(16-4-2-1-3-5-16)11-23(28)30-20(18)12-21(19)29-14-22(27)26-13-15-6-8-25-9-7-15/h1-12H,13-14H2,(H,26,27). The Labute approximate surface area is 177 Å². The number of halogens is 1. The number of benzene rings is 2. The molecule has 0 aliphatic carbocycles. The molecule has 0 radical (unpaired) electrons. The van der Waals surface area contributed by atoms with Gasteiger partial charge in [0.05, 0.1) is 5.02 Å². The summed E-state index contributed by atoms with van der Waals surface area (Å²) in [5.41, 5.74) is 2.36. The average Bonchev–Trinajstić information content (AvgIpc) is 2.77. The molecule has 2 aromatic heterocycles. The number of fused-ring (bicyclic) bond motifs is 1. The monoisotopic (exact) mass is 420 g/mol. The zero-order chi connectivity index (χ0) is 20.9. The van der Waals surface area contributed by atoms with Crippen molar-refractivity contribution >= 4 is 28.5 Å². The molecule has 0 unspecified atom stereocenters. The van der Waals surface area contributed by atoms with Crippen molar-refractivity contribution in [1.82, 2.24) is 10.3 Å². The predicted molar refractivity (Wildman–Crippen MR) is 115 cm³/mol. The summed E-state index contributed by atoms with van der Waals surface area (Å²) in [5, 5.41) is 3.75. The van der Waals surface area contributed by atoms with Crippen molar-refractivity contribution in [3.63, 3.8) is 0 Å². The molecule has 0 aliphatic heterocycles. The van der Waals surface area contributed by atoms with Crippen LogP contribution in [0.2, 0.25) is 5.02 Å². The van der Waals surface area contributed by atoms with Gasteiger partial charge in [-0.3, -0.25) is 9.78 Å². The topological polar surface area (TPSA) is 81.4 Å². The number of nitrogens with zero attached hydrogens (tertiary/aromatic N) is 1. The summed E-state index contributed by atoms with van der Waals surface area (Å²) in [6, 6.07) is 17.7. The Balaban J connectivity index is 1.53. The molecule has 0 saturated carbocycles. The summed E-state index contributed by atoms with van der Waals surface area (Å²) in [6.07, 6.45) is 3.31. The van der Waals surface area contributed by atoms with E-state index in [0.717, 1.165) is 11.1 Å². The van der Waals surface area contributed by atoms with Crippen LogP contribution in [-0.2, 0) is 11.3 Å². The highest BCUT2D eigenvalue weighted by Crippen LogP contribution is 2.34. The molecule has 2 aromatic carbocycles. The number of hydrogen-bond donors (Lipinski definition) is 1. The van der Waals surface area contributed by atoms with Gasteiger partial charge in [0.25, 0.3) is 5.91 Å². The summed E-state index contributed by atoms with van der Waals surface area (Å²) in [6.45, 7) is 0.143. The first-order chi connectivity index (χ1) is 14.6. The lowest BCUT2D eigenvalue weighted by Gasteiger charge is -2.11. The number of pyridine rings is 1. The van der Waals surface area contributed by atoms with Crippen LogP contribution in [0.25, 0.3) is 22.1 Å². The maximum absolute atomic E-state index is 12.1. The molecule has 150 valence electrons. The minimum absolute atomic E-state index is 0.223. The van der Waals surface area contributed by atoms with Gasteiger partial charge in [-0.05, 0) is 34.9 Å². The molecule has 0 aliphatic rings. The maximum Gasteiger partial charge on any atom is 0.336 e. The molecule has 4 aromatic rings. The Hall–Kier alpha value is -3.64. The number of carbonyl (C=O) groups is 1. The van der Waals surface area contributed by atoms with Crippen LogP contribution in [0.1, 0.15) is 5.56 Å². The first kappa shape index (κ1) is 19.7. The number of nitrogens with one attached hydrogen (secondary N) is 1. The molecule has 0 atom stereocenters. The summed E-state index contributed by atoms with van der Waals surface area (Å²) in [5.74, 6) is -0.0425. The smallest absolute Gasteiger partial charge is 0.336 e. The largest absolute Gasteiger partial charge is 0.482 e. The molecule has 4 rings (SSSR count). The van der Waals surface area contributed by atoms with E-state index in [9.17, 15) is 9.59 Å². The molecule has 6 nitrogen and oxygen atoms in total. The molecular weight excluding hydrogens is 404 g/mol. The van der Waals surface area contributed by atoms with Crippen LogP contribution >= 0.6 is 11.6 Å². The van der Waals surface area contributed by atoms with Crippen molar-refractivity contribution in [2.45, 2.75) is 6.54 Å². The molecule has 0 bridgehead atoms. The van der Waals surface area contributed by atoms with E-state index >= 15 is 0 Å². The Kier molecular flexibility index (Phi) is 5.77. The van der Waals surface area contributed by atoms with E-state index in [1.807, 2.05) is 42.5 Å². The third-order valence-corrected chi connectivity index (χ3v) is 4.77. The van der Waals surface area contributed by atoms with E-state index in [1.54, 1.807) is 18.5 Å². The molecule has 30 heavy (non-hydrogen) atoms. The average molecular weight is 421 g/mol. The van der Waals surface area contributed by atoms with E-state index in [4.69, 9.17) is 20.8 Å². The molecule has 0 spiro atoms. The van der Waals surface area contributed by atoms with Crippen LogP contribution in [-0.4, -0.2) is 17.5 Å². The lowest BCUT2D eigenvalue weighted by Crippen LogP contribution is -2.28. The molecule has 1 amide bonds. The number of amides is 1. The van der Waals surface area contributed by atoms with E-state index in [2.05, 4.69) is 10.3 Å². The number of hydrogen-bond acceptors (Lipinski definition) is 5. The number of aromatic nitrogens is 1. The SMILES string of the molecule is O=C(COc1cc2oc(=O)cc(-c3ccccc3)c2cc1Cl)NCc1ccncc1. The second-order valence-corrected chi connectivity index (χ2v) is 6.95. The van der Waals surface area contributed by atoms with Crippen molar-refractivity contribution in [2.24, 2.45) is 0 Å². The van der Waals surface area contributed by atoms with Crippen LogP contribution in [0.15, 0.2) is 82.3 Å². The lowest BCUT2D eigenvalue weighted by molar-refractivity contribution is -0.123. The van der Waals surface area contributed by atoms with Gasteiger partial charge in [0.15, 0.2) is 6.61 Å². The summed E-state index contributed by atoms with van der Waals surface area (Å²) >= 11 is 6.38. The van der Waals surface area contributed by atoms with E-state index in [-0.39, 0.29) is 18.3 Å². The normalized spacial score (nSPS) is 10.7. The zero-order valence-electron chi connectivity index (χ0n) is 15.8. The third-order valence-electron chi connectivity index (χ3n) is 4.48. The third kappa shape index (κ3) is 4.50. The second kappa shape index (κ2) is 8.80. The molecular formula is C23H17ClN2O4. The highest BCUT2D eigenvalue weighted by atomic mass is 35.5. The number of ether oxygens (including phenoxy) is 1. The predicted octanol–water partition coefficient (Wildman–Crippen LogP) is 4.20. The van der Waals surface area contributed by atoms with Crippen LogP contribution in [0, 0.1) is 0 Å². The fraction of sp³-hybridized carbons (Fsp3) is 0.0870. The van der Waals surface area contributed by atoms with Gasteiger partial charge in [-0.25, -0.2) is 4.79 Å². The minimum atomic E-state index is -0.482. The number of rotatable bonds is 6. The van der Waals surface area contributed by atoms with Crippen molar-refractivity contribution < 1.29 is 13.9 Å². The maximum atomic E-state index is 12.1. The second-order valence-electron chi connectivity index (χ2n) is 6.54. The first-order valence-electron chi connectivity index (χ1n) is 9.21. The first-order valence-corrected chi connectivity index (χ1v) is 9.59. The summed E-state index contributed by atoms with van der Waals surface area (Å²) in [4.78, 5) is 28.1. The lowest BCUT2D eigenvalue weighted by atomic mass is 10.0. The van der Waals surface area contributed by atoms with Gasteiger partial charge in [-0.2, -0.15) is 0 Å². The van der Waals surface area contributed by atoms with Crippen LogP contribution in [0.3, 0.4) is 0 Å². The van der Waals surface area contributed by atoms with E-state index < -0.39 is 5.63 Å². The van der Waals surface area contributed by atoms with Gasteiger partial charge < -0.3 is 14.5 Å². The Morgan fingerprint density at radius 1 is 1.07 bits per heavy atom. The van der Waals surface area contributed by atoms with Gasteiger partial charge in [0, 0.05) is 36.5 Å². The van der Waals surface area contributed by atoms with Gasteiger partial charge >= 0.3 is 5.63 Å². The highest BCUT2D eigenvalue weighted by Gasteiger charge is 2.13. The molecule has 2 heterocycles. The molecule has 7 heteroatoms. The van der Waals surface area contributed by atoms with Crippen molar-refractivity contribution in [3.05, 3.63) is 94.1 Å². The van der Waals surface area contributed by atoms with Crippen LogP contribution in [0.5, 0.6) is 5.75 Å². The van der Waals surface area contributed by atoms with Crippen molar-refractivity contribution in [3.8, 4) is 16.9 Å². The van der Waals surface area contributed by atoms with E-state index in [0.29, 0.717) is 28.1 Å². The minimum Gasteiger partial charge on any atom is -0.482 e. The zero-order valence-corrected chi connectivity index (χ0v) is 16.6. The quantitative estimate of drug-likeness (QED) is 0.473. The summed E-state index contributed by atoms with van der Waals surface area (Å²) in [7, 11) is 0. The van der Waals surface area contributed by atoms with Gasteiger partial charge in [-0.15, -0.1) is 0 Å². The Morgan fingerprint density at radius 3 is 2.60 bits per heavy atom. The number of carbonyl (C=O) groups excluding carboxylic acids is 1. The van der Waals surface area contributed by atoms with Crippen LogP contribution < -0.4 is 15.7 Å². The molecule has 1 N–H and O–H groups in total. The van der Waals surface area contributed by atoms with Crippen molar-refractivity contribution in [2.75, 3.05) is 6.61 Å². The molecule has 0 fully saturated rings. The Bertz CT molecular complexity index is 1240.